The topological polar surface area (TPSA) is 85.0 Å². The summed E-state index contributed by atoms with van der Waals surface area (Å²) in [6.07, 6.45) is 0. The number of anilines is 2. The summed E-state index contributed by atoms with van der Waals surface area (Å²) < 4.78 is 1.57. The standard InChI is InChI=1S/C24H21Cl2N5O/c1-15(16-5-3-2-4-6-16)28-24(32)29-22-21(17-7-9-18(25)10-8-17)30-31(23(22)27)20-13-11-19(26)12-14-20/h2-15H,27H2,1H3,(H2,28,29,32). The predicted molar refractivity (Wildman–Crippen MR) is 130 cm³/mol. The molecule has 0 saturated heterocycles. The monoisotopic (exact) mass is 465 g/mol. The Balaban J connectivity index is 1.68. The minimum Gasteiger partial charge on any atom is -0.382 e. The van der Waals surface area contributed by atoms with E-state index in [1.807, 2.05) is 49.4 Å². The first-order chi connectivity index (χ1) is 15.4. The number of urea groups is 1. The van der Waals surface area contributed by atoms with E-state index in [1.54, 1.807) is 41.1 Å². The maximum Gasteiger partial charge on any atom is 0.319 e. The number of hydrogen-bond donors (Lipinski definition) is 3. The average molecular weight is 466 g/mol. The van der Waals surface area contributed by atoms with Crippen molar-refractivity contribution in [1.82, 2.24) is 15.1 Å². The Labute approximate surface area is 196 Å². The summed E-state index contributed by atoms with van der Waals surface area (Å²) in [4.78, 5) is 12.8. The molecule has 162 valence electrons. The molecule has 0 aliphatic rings. The van der Waals surface area contributed by atoms with Crippen LogP contribution in [0.4, 0.5) is 16.3 Å². The van der Waals surface area contributed by atoms with Crippen LogP contribution in [0.25, 0.3) is 16.9 Å². The van der Waals surface area contributed by atoms with Gasteiger partial charge in [-0.3, -0.25) is 0 Å². The highest BCUT2D eigenvalue weighted by atomic mass is 35.5. The van der Waals surface area contributed by atoms with Crippen molar-refractivity contribution in [2.75, 3.05) is 11.1 Å². The molecule has 3 aromatic carbocycles. The molecule has 0 aliphatic heterocycles. The van der Waals surface area contributed by atoms with E-state index in [-0.39, 0.29) is 12.1 Å². The van der Waals surface area contributed by atoms with Gasteiger partial charge in [-0.2, -0.15) is 5.10 Å². The Morgan fingerprint density at radius 1 is 0.938 bits per heavy atom. The van der Waals surface area contributed by atoms with E-state index in [2.05, 4.69) is 15.7 Å². The molecule has 0 bridgehead atoms. The lowest BCUT2D eigenvalue weighted by atomic mass is 10.1. The Bertz CT molecular complexity index is 1220. The predicted octanol–water partition coefficient (Wildman–Crippen LogP) is 6.31. The van der Waals surface area contributed by atoms with Gasteiger partial charge >= 0.3 is 6.03 Å². The molecule has 1 unspecified atom stereocenters. The van der Waals surface area contributed by atoms with Gasteiger partial charge in [0.15, 0.2) is 5.82 Å². The van der Waals surface area contributed by atoms with Gasteiger partial charge in [0.2, 0.25) is 0 Å². The Morgan fingerprint density at radius 3 is 2.16 bits per heavy atom. The first-order valence-electron chi connectivity index (χ1n) is 9.95. The first kappa shape index (κ1) is 21.7. The highest BCUT2D eigenvalue weighted by Crippen LogP contribution is 2.35. The molecule has 0 spiro atoms. The maximum absolute atomic E-state index is 12.8. The number of amides is 2. The minimum absolute atomic E-state index is 0.192. The van der Waals surface area contributed by atoms with Gasteiger partial charge in [0.25, 0.3) is 0 Å². The van der Waals surface area contributed by atoms with Gasteiger partial charge in [-0.05, 0) is 48.9 Å². The van der Waals surface area contributed by atoms with Crippen LogP contribution in [-0.2, 0) is 0 Å². The van der Waals surface area contributed by atoms with Crippen LogP contribution < -0.4 is 16.4 Å². The van der Waals surface area contributed by atoms with Crippen LogP contribution in [0.15, 0.2) is 78.9 Å². The molecular formula is C24H21Cl2N5O. The number of hydrogen-bond acceptors (Lipinski definition) is 3. The summed E-state index contributed by atoms with van der Waals surface area (Å²) in [7, 11) is 0. The second-order valence-corrected chi connectivity index (χ2v) is 8.11. The van der Waals surface area contributed by atoms with E-state index < -0.39 is 0 Å². The lowest BCUT2D eigenvalue weighted by Gasteiger charge is -2.15. The third kappa shape index (κ3) is 4.72. The molecule has 8 heteroatoms. The van der Waals surface area contributed by atoms with Crippen molar-refractivity contribution >= 4 is 40.7 Å². The number of nitrogen functional groups attached to an aromatic ring is 1. The summed E-state index contributed by atoms with van der Waals surface area (Å²) in [6.45, 7) is 1.91. The normalized spacial score (nSPS) is 11.7. The van der Waals surface area contributed by atoms with E-state index in [0.717, 1.165) is 11.1 Å². The zero-order valence-corrected chi connectivity index (χ0v) is 18.7. The minimum atomic E-state index is -0.390. The van der Waals surface area contributed by atoms with Gasteiger partial charge in [0.05, 0.1) is 11.7 Å². The largest absolute Gasteiger partial charge is 0.382 e. The van der Waals surface area contributed by atoms with Crippen molar-refractivity contribution in [3.63, 3.8) is 0 Å². The van der Waals surface area contributed by atoms with Gasteiger partial charge in [-0.25, -0.2) is 9.48 Å². The average Bonchev–Trinajstić information content (AvgIpc) is 3.11. The number of nitrogens with two attached hydrogens (primary N) is 1. The summed E-state index contributed by atoms with van der Waals surface area (Å²) >= 11 is 12.1. The summed E-state index contributed by atoms with van der Waals surface area (Å²) in [5.41, 5.74) is 9.83. The Kier molecular flexibility index (Phi) is 6.35. The number of nitrogens with zero attached hydrogens (tertiary/aromatic N) is 2. The lowest BCUT2D eigenvalue weighted by Crippen LogP contribution is -2.31. The van der Waals surface area contributed by atoms with Crippen molar-refractivity contribution in [2.45, 2.75) is 13.0 Å². The molecular weight excluding hydrogens is 445 g/mol. The van der Waals surface area contributed by atoms with Crippen LogP contribution in [0.2, 0.25) is 10.0 Å². The molecule has 1 aromatic heterocycles. The van der Waals surface area contributed by atoms with Gasteiger partial charge in [-0.1, -0.05) is 65.7 Å². The highest BCUT2D eigenvalue weighted by molar-refractivity contribution is 6.30. The van der Waals surface area contributed by atoms with Crippen LogP contribution in [0, 0.1) is 0 Å². The second-order valence-electron chi connectivity index (χ2n) is 7.23. The van der Waals surface area contributed by atoms with Crippen LogP contribution in [0.1, 0.15) is 18.5 Å². The van der Waals surface area contributed by atoms with Crippen molar-refractivity contribution in [3.05, 3.63) is 94.5 Å². The smallest absolute Gasteiger partial charge is 0.319 e. The zero-order chi connectivity index (χ0) is 22.7. The van der Waals surface area contributed by atoms with Crippen LogP contribution in [0.5, 0.6) is 0 Å². The van der Waals surface area contributed by atoms with E-state index in [4.69, 9.17) is 28.9 Å². The molecule has 1 heterocycles. The third-order valence-electron chi connectivity index (χ3n) is 5.00. The van der Waals surface area contributed by atoms with Crippen molar-refractivity contribution in [3.8, 4) is 16.9 Å². The molecule has 0 fully saturated rings. The number of carbonyl (C=O) groups is 1. The summed E-state index contributed by atoms with van der Waals surface area (Å²) in [5, 5.41) is 11.7. The number of halogens is 2. The number of rotatable bonds is 5. The molecule has 0 radical (unpaired) electrons. The first-order valence-corrected chi connectivity index (χ1v) is 10.7. The van der Waals surface area contributed by atoms with Gasteiger partial charge in [-0.15, -0.1) is 0 Å². The quantitative estimate of drug-likeness (QED) is 0.322. The molecule has 0 saturated carbocycles. The molecule has 4 N–H and O–H groups in total. The lowest BCUT2D eigenvalue weighted by molar-refractivity contribution is 0.249. The van der Waals surface area contributed by atoms with Gasteiger partial charge in [0, 0.05) is 15.6 Å². The van der Waals surface area contributed by atoms with E-state index in [9.17, 15) is 4.79 Å². The fraction of sp³-hybridized carbons (Fsp3) is 0.0833. The highest BCUT2D eigenvalue weighted by Gasteiger charge is 2.21. The molecule has 4 rings (SSSR count). The fourth-order valence-electron chi connectivity index (χ4n) is 3.31. The second kappa shape index (κ2) is 9.34. The van der Waals surface area contributed by atoms with Gasteiger partial charge < -0.3 is 16.4 Å². The summed E-state index contributed by atoms with van der Waals surface area (Å²) in [6, 6.07) is 23.4. The molecule has 1 atom stereocenters. The van der Waals surface area contributed by atoms with E-state index >= 15 is 0 Å². The Morgan fingerprint density at radius 2 is 1.53 bits per heavy atom. The van der Waals surface area contributed by atoms with Crippen molar-refractivity contribution in [2.24, 2.45) is 0 Å². The van der Waals surface area contributed by atoms with Crippen molar-refractivity contribution < 1.29 is 4.79 Å². The van der Waals surface area contributed by atoms with Crippen LogP contribution in [-0.4, -0.2) is 15.8 Å². The zero-order valence-electron chi connectivity index (χ0n) is 17.2. The van der Waals surface area contributed by atoms with E-state index in [0.29, 0.717) is 32.9 Å². The van der Waals surface area contributed by atoms with Crippen LogP contribution in [0.3, 0.4) is 0 Å². The third-order valence-corrected chi connectivity index (χ3v) is 5.50. The Hall–Kier alpha value is -3.48. The van der Waals surface area contributed by atoms with Gasteiger partial charge in [0.1, 0.15) is 11.4 Å². The van der Waals surface area contributed by atoms with Crippen molar-refractivity contribution in [1.29, 1.82) is 0 Å². The number of carbonyl (C=O) groups excluding carboxylic acids is 1. The maximum atomic E-state index is 12.8. The fourth-order valence-corrected chi connectivity index (χ4v) is 3.57. The van der Waals surface area contributed by atoms with E-state index in [1.165, 1.54) is 0 Å². The molecule has 32 heavy (non-hydrogen) atoms. The SMILES string of the molecule is CC(NC(=O)Nc1c(-c2ccc(Cl)cc2)nn(-c2ccc(Cl)cc2)c1N)c1ccccc1. The number of benzene rings is 3. The van der Waals surface area contributed by atoms with Crippen LogP contribution >= 0.6 is 23.2 Å². The number of aromatic nitrogens is 2. The molecule has 0 aliphatic carbocycles. The summed E-state index contributed by atoms with van der Waals surface area (Å²) in [5.74, 6) is 0.291. The number of nitrogens with one attached hydrogen (secondary N) is 2. The molecule has 6 nitrogen and oxygen atoms in total. The molecule has 4 aromatic rings. The molecule has 2 amide bonds.